The van der Waals surface area contributed by atoms with Crippen LogP contribution in [0.1, 0.15) is 30.0 Å². The molecule has 5 rings (SSSR count). The van der Waals surface area contributed by atoms with Gasteiger partial charge in [0.05, 0.1) is 29.0 Å². The maximum absolute atomic E-state index is 13.2. The molecule has 3 aromatic rings. The standard InChI is InChI=1S/C22H22N2O6Si/c1-4-22(28)14-8-16-18-11(9-24(16)20(26)13(14)10-30-21(22)27)7-12-15(23-18)5-6-17(25)19(12)31(2,3)29/h5-8,25,28-29H,4,9-10H2,1-3H3/t22-/m0/s1. The van der Waals surface area contributed by atoms with E-state index < -0.39 is 19.9 Å². The van der Waals surface area contributed by atoms with Gasteiger partial charge in [-0.25, -0.2) is 9.78 Å². The van der Waals surface area contributed by atoms with Crippen molar-refractivity contribution in [2.24, 2.45) is 0 Å². The topological polar surface area (TPSA) is 122 Å². The molecule has 9 heteroatoms. The van der Waals surface area contributed by atoms with Crippen molar-refractivity contribution in [3.05, 3.63) is 51.3 Å². The predicted octanol–water partition coefficient (Wildman–Crippen LogP) is 1.19. The van der Waals surface area contributed by atoms with Gasteiger partial charge in [-0.2, -0.15) is 0 Å². The number of cyclic esters (lactones) is 1. The molecule has 0 spiro atoms. The van der Waals surface area contributed by atoms with E-state index in [-0.39, 0.29) is 42.0 Å². The van der Waals surface area contributed by atoms with Gasteiger partial charge >= 0.3 is 5.97 Å². The summed E-state index contributed by atoms with van der Waals surface area (Å²) in [5, 5.41) is 22.5. The van der Waals surface area contributed by atoms with Crippen molar-refractivity contribution in [1.82, 2.24) is 9.55 Å². The van der Waals surface area contributed by atoms with Gasteiger partial charge in [0.1, 0.15) is 12.4 Å². The third kappa shape index (κ3) is 2.63. The van der Waals surface area contributed by atoms with E-state index in [0.717, 1.165) is 5.56 Å². The van der Waals surface area contributed by atoms with Gasteiger partial charge in [-0.05, 0) is 43.8 Å². The lowest BCUT2D eigenvalue weighted by atomic mass is 9.86. The molecular weight excluding hydrogens is 416 g/mol. The van der Waals surface area contributed by atoms with Crippen molar-refractivity contribution in [2.75, 3.05) is 0 Å². The molecule has 160 valence electrons. The van der Waals surface area contributed by atoms with E-state index >= 15 is 0 Å². The van der Waals surface area contributed by atoms with Gasteiger partial charge in [0, 0.05) is 21.7 Å². The molecule has 1 atom stereocenters. The van der Waals surface area contributed by atoms with E-state index in [1.165, 1.54) is 6.07 Å². The van der Waals surface area contributed by atoms with E-state index in [1.54, 1.807) is 36.7 Å². The van der Waals surface area contributed by atoms with E-state index in [2.05, 4.69) is 0 Å². The number of aliphatic hydroxyl groups is 1. The second-order valence-corrected chi connectivity index (χ2v) is 12.3. The molecule has 0 radical (unpaired) electrons. The van der Waals surface area contributed by atoms with Crippen LogP contribution in [-0.4, -0.2) is 38.8 Å². The highest BCUT2D eigenvalue weighted by Gasteiger charge is 2.45. The SMILES string of the molecule is CC[C@@]1(O)C(=O)OCc2c1cc1n(c2=O)Cc2cc3c([Si](C)(C)O)c(O)ccc3nc2-1. The Kier molecular flexibility index (Phi) is 4.02. The first kappa shape index (κ1) is 19.9. The summed E-state index contributed by atoms with van der Waals surface area (Å²) in [5.41, 5.74) is 0.812. The first-order chi connectivity index (χ1) is 14.6. The Labute approximate surface area is 178 Å². The fourth-order valence-electron chi connectivity index (χ4n) is 4.68. The molecule has 0 fully saturated rings. The molecule has 0 bridgehead atoms. The molecule has 0 unspecified atom stereocenters. The van der Waals surface area contributed by atoms with Gasteiger partial charge in [-0.3, -0.25) is 4.79 Å². The molecule has 31 heavy (non-hydrogen) atoms. The number of fused-ring (bicyclic) bond motifs is 5. The lowest BCUT2D eigenvalue weighted by Crippen LogP contribution is -2.44. The first-order valence-corrected chi connectivity index (χ1v) is 13.1. The Morgan fingerprint density at radius 1 is 1.26 bits per heavy atom. The minimum Gasteiger partial charge on any atom is -0.508 e. The molecule has 0 saturated carbocycles. The number of aromatic hydroxyl groups is 1. The van der Waals surface area contributed by atoms with Crippen molar-refractivity contribution in [1.29, 1.82) is 0 Å². The van der Waals surface area contributed by atoms with Crippen molar-refractivity contribution in [2.45, 2.75) is 45.2 Å². The van der Waals surface area contributed by atoms with Crippen LogP contribution in [0.4, 0.5) is 0 Å². The van der Waals surface area contributed by atoms with E-state index in [9.17, 15) is 24.6 Å². The summed E-state index contributed by atoms with van der Waals surface area (Å²) in [6.45, 7) is 5.20. The molecule has 2 aromatic heterocycles. The van der Waals surface area contributed by atoms with Gasteiger partial charge < -0.3 is 24.3 Å². The monoisotopic (exact) mass is 438 g/mol. The highest BCUT2D eigenvalue weighted by atomic mass is 28.4. The molecule has 8 nitrogen and oxygen atoms in total. The number of phenolic OH excluding ortho intramolecular Hbond substituents is 1. The van der Waals surface area contributed by atoms with Crippen molar-refractivity contribution in [3.63, 3.8) is 0 Å². The lowest BCUT2D eigenvalue weighted by molar-refractivity contribution is -0.172. The maximum atomic E-state index is 13.2. The fourth-order valence-corrected chi connectivity index (χ4v) is 6.25. The van der Waals surface area contributed by atoms with Crippen LogP contribution >= 0.6 is 0 Å². The Morgan fingerprint density at radius 3 is 2.68 bits per heavy atom. The highest BCUT2D eigenvalue weighted by molar-refractivity contribution is 6.85. The van der Waals surface area contributed by atoms with E-state index in [4.69, 9.17) is 9.72 Å². The largest absolute Gasteiger partial charge is 0.508 e. The average Bonchev–Trinajstić information content (AvgIpc) is 3.06. The number of benzene rings is 1. The summed E-state index contributed by atoms with van der Waals surface area (Å²) >= 11 is 0. The number of rotatable bonds is 2. The fraction of sp³-hybridized carbons (Fsp3) is 0.318. The van der Waals surface area contributed by atoms with Crippen molar-refractivity contribution >= 4 is 30.4 Å². The highest BCUT2D eigenvalue weighted by Crippen LogP contribution is 2.38. The molecule has 1 aromatic carbocycles. The Morgan fingerprint density at radius 2 is 2.00 bits per heavy atom. The predicted molar refractivity (Wildman–Crippen MR) is 116 cm³/mol. The number of esters is 1. The second-order valence-electron chi connectivity index (χ2n) is 8.68. The second kappa shape index (κ2) is 6.25. The van der Waals surface area contributed by atoms with Crippen LogP contribution in [0, 0.1) is 0 Å². The van der Waals surface area contributed by atoms with E-state index in [0.29, 0.717) is 27.5 Å². The summed E-state index contributed by atoms with van der Waals surface area (Å²) in [5.74, 6) is -0.730. The number of carbonyl (C=O) groups excluding carboxylic acids is 1. The van der Waals surface area contributed by atoms with Crippen LogP contribution in [0.3, 0.4) is 0 Å². The molecule has 4 heterocycles. The number of ether oxygens (including phenoxy) is 1. The number of hydrogen-bond donors (Lipinski definition) is 3. The molecule has 3 N–H and O–H groups in total. The number of pyridine rings is 2. The third-order valence-corrected chi connectivity index (χ3v) is 8.03. The lowest BCUT2D eigenvalue weighted by Gasteiger charge is -2.31. The van der Waals surface area contributed by atoms with Crippen LogP contribution < -0.4 is 10.7 Å². The van der Waals surface area contributed by atoms with Crippen molar-refractivity contribution < 1.29 is 24.5 Å². The molecule has 2 aliphatic rings. The normalized spacial score (nSPS) is 19.7. The number of phenols is 1. The summed E-state index contributed by atoms with van der Waals surface area (Å²) in [7, 11) is -2.86. The minimum absolute atomic E-state index is 0.0280. The number of hydrogen-bond acceptors (Lipinski definition) is 7. The average molecular weight is 439 g/mol. The van der Waals surface area contributed by atoms with Crippen LogP contribution in [-0.2, 0) is 28.3 Å². The summed E-state index contributed by atoms with van der Waals surface area (Å²) in [6.07, 6.45) is 0.0819. The summed E-state index contributed by atoms with van der Waals surface area (Å²) < 4.78 is 6.65. The van der Waals surface area contributed by atoms with Crippen LogP contribution in [0.2, 0.25) is 13.1 Å². The molecule has 0 saturated heterocycles. The quantitative estimate of drug-likeness (QED) is 0.317. The van der Waals surface area contributed by atoms with Gasteiger partial charge in [-0.15, -0.1) is 0 Å². The summed E-state index contributed by atoms with van der Waals surface area (Å²) in [6, 6.07) is 6.71. The smallest absolute Gasteiger partial charge is 0.343 e. The van der Waals surface area contributed by atoms with Crippen LogP contribution in [0.5, 0.6) is 5.75 Å². The molecule has 2 aliphatic heterocycles. The van der Waals surface area contributed by atoms with Crippen LogP contribution in [0.25, 0.3) is 22.3 Å². The van der Waals surface area contributed by atoms with Gasteiger partial charge in [0.25, 0.3) is 5.56 Å². The maximum Gasteiger partial charge on any atom is 0.343 e. The zero-order chi connectivity index (χ0) is 22.3. The number of nitrogens with zero attached hydrogens (tertiary/aromatic N) is 2. The Bertz CT molecular complexity index is 1360. The molecule has 0 amide bonds. The Balaban J connectivity index is 1.79. The van der Waals surface area contributed by atoms with Gasteiger partial charge in [0.15, 0.2) is 5.60 Å². The zero-order valence-electron chi connectivity index (χ0n) is 17.4. The zero-order valence-corrected chi connectivity index (χ0v) is 18.4. The summed E-state index contributed by atoms with van der Waals surface area (Å²) in [4.78, 5) is 40.9. The van der Waals surface area contributed by atoms with Crippen molar-refractivity contribution in [3.8, 4) is 17.1 Å². The van der Waals surface area contributed by atoms with Gasteiger partial charge in [-0.1, -0.05) is 6.92 Å². The van der Waals surface area contributed by atoms with E-state index in [1.807, 2.05) is 6.07 Å². The minimum atomic E-state index is -2.86. The molecule has 0 aliphatic carbocycles. The number of carbonyl (C=O) groups is 1. The number of aromatic nitrogens is 2. The third-order valence-electron chi connectivity index (χ3n) is 6.28. The Hall–Kier alpha value is -3.01. The molecular formula is C22H22N2O6Si. The first-order valence-electron chi connectivity index (χ1n) is 10.1. The van der Waals surface area contributed by atoms with Gasteiger partial charge in [0.2, 0.25) is 8.32 Å². The van der Waals surface area contributed by atoms with Crippen LogP contribution in [0.15, 0.2) is 29.1 Å².